The average Bonchev–Trinajstić information content (AvgIpc) is 2.78. The number of rotatable bonds is 8. The van der Waals surface area contributed by atoms with E-state index in [1.807, 2.05) is 0 Å². The van der Waals surface area contributed by atoms with E-state index in [-0.39, 0.29) is 16.9 Å². The second-order valence-corrected chi connectivity index (χ2v) is 8.77. The van der Waals surface area contributed by atoms with Crippen LogP contribution in [0.4, 0.5) is 0 Å². The number of nitrogens with two attached hydrogens (primary N) is 1. The molecule has 5 N–H and O–H groups in total. The molecule has 0 aromatic heterocycles. The van der Waals surface area contributed by atoms with Gasteiger partial charge in [-0.05, 0) is 47.4 Å². The highest BCUT2D eigenvalue weighted by atomic mass is 32.2. The molecule has 0 heterocycles. The van der Waals surface area contributed by atoms with Gasteiger partial charge in [0, 0.05) is 5.56 Å². The van der Waals surface area contributed by atoms with Crippen LogP contribution in [0.1, 0.15) is 15.9 Å². The number of aliphatic carboxylic acids is 1. The van der Waals surface area contributed by atoms with Crippen LogP contribution in [0.25, 0.3) is 11.1 Å². The number of aliphatic hydroxyl groups excluding tert-OH is 1. The van der Waals surface area contributed by atoms with Gasteiger partial charge in [-0.25, -0.2) is 18.4 Å². The van der Waals surface area contributed by atoms with Gasteiger partial charge in [0.2, 0.25) is 10.0 Å². The quantitative estimate of drug-likeness (QED) is 0.408. The molecule has 1 amide bonds. The molecule has 3 rings (SSSR count). The van der Waals surface area contributed by atoms with Crippen LogP contribution in [-0.4, -0.2) is 42.7 Å². The van der Waals surface area contributed by atoms with Crippen molar-refractivity contribution in [1.82, 2.24) is 5.32 Å². The van der Waals surface area contributed by atoms with E-state index in [2.05, 4.69) is 5.32 Å². The van der Waals surface area contributed by atoms with Crippen molar-refractivity contribution in [2.45, 2.75) is 23.5 Å². The van der Waals surface area contributed by atoms with Crippen LogP contribution in [0, 0.1) is 0 Å². The van der Waals surface area contributed by atoms with E-state index in [9.17, 15) is 28.2 Å². The number of carbonyl (C=O) groups excluding carboxylic acids is 1. The fourth-order valence-corrected chi connectivity index (χ4v) is 3.79. The SMILES string of the molecule is NS(=O)(=O)c1cccc(-c2cccc(C(=O)N[C@H](Cc3ccccc3)[C@@H](O)C(=O)O)c2)c1. The van der Waals surface area contributed by atoms with Gasteiger partial charge < -0.3 is 15.5 Å². The number of carbonyl (C=O) groups is 2. The Kier molecular flexibility index (Phi) is 7.04. The molecule has 3 aromatic carbocycles. The summed E-state index contributed by atoms with van der Waals surface area (Å²) in [5.74, 6) is -2.02. The molecule has 9 heteroatoms. The lowest BCUT2D eigenvalue weighted by Crippen LogP contribution is -2.48. The predicted molar refractivity (Wildman–Crippen MR) is 118 cm³/mol. The Hall–Kier alpha value is -3.53. The second kappa shape index (κ2) is 9.73. The first-order chi connectivity index (χ1) is 15.1. The van der Waals surface area contributed by atoms with E-state index in [1.54, 1.807) is 60.7 Å². The Morgan fingerprint density at radius 3 is 2.16 bits per heavy atom. The van der Waals surface area contributed by atoms with Crippen molar-refractivity contribution in [3.05, 3.63) is 90.0 Å². The third-order valence-corrected chi connectivity index (χ3v) is 5.78. The number of nitrogens with one attached hydrogen (secondary N) is 1. The van der Waals surface area contributed by atoms with Gasteiger partial charge in [-0.15, -0.1) is 0 Å². The number of primary sulfonamides is 1. The highest BCUT2D eigenvalue weighted by molar-refractivity contribution is 7.89. The van der Waals surface area contributed by atoms with Crippen LogP contribution in [-0.2, 0) is 21.2 Å². The topological polar surface area (TPSA) is 147 Å². The summed E-state index contributed by atoms with van der Waals surface area (Å²) < 4.78 is 23.2. The second-order valence-electron chi connectivity index (χ2n) is 7.21. The van der Waals surface area contributed by atoms with Crippen molar-refractivity contribution < 1.29 is 28.2 Å². The van der Waals surface area contributed by atoms with Crippen LogP contribution in [0.2, 0.25) is 0 Å². The Bertz CT molecular complexity index is 1230. The van der Waals surface area contributed by atoms with Crippen LogP contribution in [0.5, 0.6) is 0 Å². The fourth-order valence-electron chi connectivity index (χ4n) is 3.23. The van der Waals surface area contributed by atoms with E-state index >= 15 is 0 Å². The smallest absolute Gasteiger partial charge is 0.334 e. The van der Waals surface area contributed by atoms with Gasteiger partial charge in [-0.1, -0.05) is 54.6 Å². The first-order valence-corrected chi connectivity index (χ1v) is 11.2. The Labute approximate surface area is 185 Å². The summed E-state index contributed by atoms with van der Waals surface area (Å²) >= 11 is 0. The van der Waals surface area contributed by atoms with Gasteiger partial charge in [0.25, 0.3) is 5.91 Å². The number of aliphatic hydroxyl groups is 1. The minimum Gasteiger partial charge on any atom is -0.479 e. The number of sulfonamides is 1. The first-order valence-electron chi connectivity index (χ1n) is 9.64. The number of hydrogen-bond acceptors (Lipinski definition) is 5. The maximum Gasteiger partial charge on any atom is 0.334 e. The van der Waals surface area contributed by atoms with Crippen LogP contribution in [0.15, 0.2) is 83.8 Å². The molecule has 0 radical (unpaired) electrons. The lowest BCUT2D eigenvalue weighted by molar-refractivity contribution is -0.148. The van der Waals surface area contributed by atoms with Crippen molar-refractivity contribution in [1.29, 1.82) is 0 Å². The van der Waals surface area contributed by atoms with Gasteiger partial charge in [0.1, 0.15) is 0 Å². The number of hydrogen-bond donors (Lipinski definition) is 4. The summed E-state index contributed by atoms with van der Waals surface area (Å²) in [5, 5.41) is 27.1. The fraction of sp³-hybridized carbons (Fsp3) is 0.130. The molecule has 166 valence electrons. The standard InChI is InChI=1S/C23H22N2O6S/c24-32(30,31)19-11-5-9-17(14-19)16-8-4-10-18(13-16)22(27)25-20(21(26)23(28)29)12-15-6-2-1-3-7-15/h1-11,13-14,20-21,26H,12H2,(H,25,27)(H,28,29)(H2,24,30,31)/t20-,21-/m1/s1. The summed E-state index contributed by atoms with van der Waals surface area (Å²) in [7, 11) is -3.89. The normalized spacial score (nSPS) is 13.2. The maximum atomic E-state index is 12.9. The molecule has 3 aromatic rings. The lowest BCUT2D eigenvalue weighted by atomic mass is 9.99. The molecule has 0 fully saturated rings. The Balaban J connectivity index is 1.86. The molecule has 0 saturated carbocycles. The van der Waals surface area contributed by atoms with Gasteiger partial charge in [-0.3, -0.25) is 4.79 Å². The molecule has 0 spiro atoms. The van der Waals surface area contributed by atoms with Gasteiger partial charge in [0.05, 0.1) is 10.9 Å². The van der Waals surface area contributed by atoms with Crippen LogP contribution < -0.4 is 10.5 Å². The van der Waals surface area contributed by atoms with E-state index in [4.69, 9.17) is 5.14 Å². The minimum atomic E-state index is -3.89. The van der Waals surface area contributed by atoms with E-state index in [1.165, 1.54) is 18.2 Å². The largest absolute Gasteiger partial charge is 0.479 e. The number of amides is 1. The zero-order chi connectivity index (χ0) is 23.3. The van der Waals surface area contributed by atoms with E-state index in [0.717, 1.165) is 5.56 Å². The Morgan fingerprint density at radius 2 is 1.53 bits per heavy atom. The molecular formula is C23H22N2O6S. The molecule has 0 unspecified atom stereocenters. The molecule has 0 aliphatic rings. The maximum absolute atomic E-state index is 12.9. The molecular weight excluding hydrogens is 432 g/mol. The summed E-state index contributed by atoms with van der Waals surface area (Å²) in [6.07, 6.45) is -1.68. The highest BCUT2D eigenvalue weighted by Crippen LogP contribution is 2.23. The van der Waals surface area contributed by atoms with Gasteiger partial charge >= 0.3 is 5.97 Å². The number of carboxylic acid groups (broad SMARTS) is 1. The lowest BCUT2D eigenvalue weighted by Gasteiger charge is -2.22. The molecule has 8 nitrogen and oxygen atoms in total. The van der Waals surface area contributed by atoms with Crippen LogP contribution >= 0.6 is 0 Å². The number of benzene rings is 3. The molecule has 0 aliphatic heterocycles. The highest BCUT2D eigenvalue weighted by Gasteiger charge is 2.28. The van der Waals surface area contributed by atoms with Crippen molar-refractivity contribution in [3.63, 3.8) is 0 Å². The first kappa shape index (κ1) is 23.1. The Morgan fingerprint density at radius 1 is 0.906 bits per heavy atom. The van der Waals surface area contributed by atoms with Crippen molar-refractivity contribution in [2.24, 2.45) is 5.14 Å². The molecule has 0 aliphatic carbocycles. The third kappa shape index (κ3) is 5.79. The zero-order valence-corrected chi connectivity index (χ0v) is 17.7. The van der Waals surface area contributed by atoms with E-state index in [0.29, 0.717) is 11.1 Å². The summed E-state index contributed by atoms with van der Waals surface area (Å²) in [6, 6.07) is 20.2. The van der Waals surface area contributed by atoms with Gasteiger partial charge in [0.15, 0.2) is 6.10 Å². The number of carboxylic acids is 1. The summed E-state index contributed by atoms with van der Waals surface area (Å²) in [4.78, 5) is 24.1. The third-order valence-electron chi connectivity index (χ3n) is 4.87. The molecule has 0 bridgehead atoms. The monoisotopic (exact) mass is 454 g/mol. The average molecular weight is 455 g/mol. The summed E-state index contributed by atoms with van der Waals surface area (Å²) in [5.41, 5.74) is 2.09. The summed E-state index contributed by atoms with van der Waals surface area (Å²) in [6.45, 7) is 0. The van der Waals surface area contributed by atoms with Gasteiger partial charge in [-0.2, -0.15) is 0 Å². The van der Waals surface area contributed by atoms with Crippen molar-refractivity contribution in [3.8, 4) is 11.1 Å². The molecule has 2 atom stereocenters. The minimum absolute atomic E-state index is 0.0580. The molecule has 32 heavy (non-hydrogen) atoms. The van der Waals surface area contributed by atoms with Crippen molar-refractivity contribution in [2.75, 3.05) is 0 Å². The zero-order valence-electron chi connectivity index (χ0n) is 16.9. The van der Waals surface area contributed by atoms with Crippen molar-refractivity contribution >= 4 is 21.9 Å². The molecule has 0 saturated heterocycles. The van der Waals surface area contributed by atoms with Crippen LogP contribution in [0.3, 0.4) is 0 Å². The predicted octanol–water partition coefficient (Wildman–Crippen LogP) is 1.79. The van der Waals surface area contributed by atoms with E-state index < -0.39 is 34.0 Å².